The van der Waals surface area contributed by atoms with Gasteiger partial charge in [-0.25, -0.2) is 0 Å². The molecule has 0 bridgehead atoms. The molecule has 4 nitrogen and oxygen atoms in total. The van der Waals surface area contributed by atoms with Crippen LogP contribution in [-0.4, -0.2) is 27.4 Å². The van der Waals surface area contributed by atoms with Crippen molar-refractivity contribution in [3.63, 3.8) is 0 Å². The van der Waals surface area contributed by atoms with Gasteiger partial charge in [0, 0.05) is 30.2 Å². The zero-order valence-electron chi connectivity index (χ0n) is 10.2. The summed E-state index contributed by atoms with van der Waals surface area (Å²) in [6.07, 6.45) is 0.360. The fraction of sp³-hybridized carbons (Fsp3) is 0.308. The minimum Gasteiger partial charge on any atom is -0.489 e. The molecule has 1 fully saturated rings. The summed E-state index contributed by atoms with van der Waals surface area (Å²) in [5.74, 6) is 3.73. The molecule has 5 heteroatoms. The molecule has 0 saturated carbocycles. The number of ether oxygens (including phenoxy) is 1. The molecule has 0 aliphatic carbocycles. The van der Waals surface area contributed by atoms with Crippen LogP contribution in [0.4, 0.5) is 5.82 Å². The van der Waals surface area contributed by atoms with E-state index in [9.17, 15) is 0 Å². The number of hydrogen-bond donors (Lipinski definition) is 1. The van der Waals surface area contributed by atoms with Crippen LogP contribution < -0.4 is 10.5 Å². The van der Waals surface area contributed by atoms with Gasteiger partial charge in [0.2, 0.25) is 0 Å². The Bertz CT molecular complexity index is 544. The monoisotopic (exact) mass is 261 g/mol. The summed E-state index contributed by atoms with van der Waals surface area (Å²) in [6.45, 7) is 0. The van der Waals surface area contributed by atoms with Crippen molar-refractivity contribution < 1.29 is 4.74 Å². The molecular weight excluding hydrogens is 246 g/mol. The fourth-order valence-corrected chi connectivity index (χ4v) is 2.39. The molecule has 2 heterocycles. The van der Waals surface area contributed by atoms with E-state index in [-0.39, 0.29) is 0 Å². The number of rotatable bonds is 3. The van der Waals surface area contributed by atoms with E-state index < -0.39 is 0 Å². The highest BCUT2D eigenvalue weighted by molar-refractivity contribution is 8.00. The van der Waals surface area contributed by atoms with Gasteiger partial charge in [0.1, 0.15) is 17.7 Å². The van der Waals surface area contributed by atoms with Gasteiger partial charge >= 0.3 is 0 Å². The Kier molecular flexibility index (Phi) is 2.91. The lowest BCUT2D eigenvalue weighted by atomic mass is 10.1. The third kappa shape index (κ3) is 2.18. The summed E-state index contributed by atoms with van der Waals surface area (Å²) in [6, 6.07) is 9.88. The number of anilines is 1. The van der Waals surface area contributed by atoms with E-state index in [1.807, 2.05) is 49.1 Å². The number of nitrogens with two attached hydrogens (primary N) is 1. The van der Waals surface area contributed by atoms with Crippen molar-refractivity contribution in [3.05, 3.63) is 30.3 Å². The third-order valence-corrected chi connectivity index (χ3v) is 4.17. The first-order valence-corrected chi connectivity index (χ1v) is 7.02. The number of aryl methyl sites for hydroxylation is 1. The first-order valence-electron chi connectivity index (χ1n) is 5.87. The maximum atomic E-state index is 5.86. The van der Waals surface area contributed by atoms with Crippen LogP contribution in [0.1, 0.15) is 0 Å². The highest BCUT2D eigenvalue weighted by atomic mass is 32.2. The maximum Gasteiger partial charge on any atom is 0.121 e. The Morgan fingerprint density at radius 2 is 2.22 bits per heavy atom. The van der Waals surface area contributed by atoms with Gasteiger partial charge in [-0.15, -0.1) is 0 Å². The van der Waals surface area contributed by atoms with Gasteiger partial charge in [-0.2, -0.15) is 16.9 Å². The first-order chi connectivity index (χ1) is 8.72. The number of aromatic nitrogens is 2. The molecule has 18 heavy (non-hydrogen) atoms. The topological polar surface area (TPSA) is 53.1 Å². The zero-order valence-corrected chi connectivity index (χ0v) is 11.0. The van der Waals surface area contributed by atoms with Crippen LogP contribution in [0.5, 0.6) is 5.75 Å². The van der Waals surface area contributed by atoms with Gasteiger partial charge in [0.05, 0.1) is 5.69 Å². The second-order valence-electron chi connectivity index (χ2n) is 4.38. The van der Waals surface area contributed by atoms with Crippen LogP contribution >= 0.6 is 11.8 Å². The second kappa shape index (κ2) is 4.57. The fourth-order valence-electron chi connectivity index (χ4n) is 1.83. The van der Waals surface area contributed by atoms with Crippen molar-refractivity contribution in [2.75, 3.05) is 17.2 Å². The SMILES string of the molecule is Cn1nc(-c2cccc(OC3CSC3)c2)cc1N. The minimum atomic E-state index is 0.360. The van der Waals surface area contributed by atoms with Crippen molar-refractivity contribution >= 4 is 17.6 Å². The Balaban J connectivity index is 1.85. The third-order valence-electron chi connectivity index (χ3n) is 2.96. The molecule has 1 aromatic carbocycles. The van der Waals surface area contributed by atoms with Gasteiger partial charge in [0.15, 0.2) is 0 Å². The molecular formula is C13H15N3OS. The molecule has 2 N–H and O–H groups in total. The average molecular weight is 261 g/mol. The summed E-state index contributed by atoms with van der Waals surface area (Å²) >= 11 is 1.91. The Morgan fingerprint density at radius 3 is 2.83 bits per heavy atom. The quantitative estimate of drug-likeness (QED) is 0.920. The van der Waals surface area contributed by atoms with Gasteiger partial charge < -0.3 is 10.5 Å². The van der Waals surface area contributed by atoms with Gasteiger partial charge in [-0.05, 0) is 12.1 Å². The Morgan fingerprint density at radius 1 is 1.39 bits per heavy atom. The van der Waals surface area contributed by atoms with Gasteiger partial charge in [-0.3, -0.25) is 4.68 Å². The molecule has 1 aromatic heterocycles. The normalized spacial score (nSPS) is 15.4. The van der Waals surface area contributed by atoms with Crippen LogP contribution in [-0.2, 0) is 7.05 Å². The maximum absolute atomic E-state index is 5.86. The summed E-state index contributed by atoms with van der Waals surface area (Å²) in [5.41, 5.74) is 7.71. The summed E-state index contributed by atoms with van der Waals surface area (Å²) in [7, 11) is 1.84. The standard InChI is InChI=1S/C13H15N3OS/c1-16-13(14)6-12(15-16)9-3-2-4-10(5-9)17-11-7-18-8-11/h2-6,11H,7-8,14H2,1H3. The Hall–Kier alpha value is -1.62. The first kappa shape index (κ1) is 11.5. The zero-order chi connectivity index (χ0) is 12.5. The van der Waals surface area contributed by atoms with Gasteiger partial charge in [0.25, 0.3) is 0 Å². The number of nitrogen functional groups attached to an aromatic ring is 1. The van der Waals surface area contributed by atoms with Crippen molar-refractivity contribution in [2.45, 2.75) is 6.10 Å². The van der Waals surface area contributed by atoms with E-state index in [0.717, 1.165) is 28.5 Å². The van der Waals surface area contributed by atoms with Crippen LogP contribution in [0, 0.1) is 0 Å². The molecule has 1 saturated heterocycles. The van der Waals surface area contributed by atoms with E-state index in [2.05, 4.69) is 5.10 Å². The number of thioether (sulfide) groups is 1. The van der Waals surface area contributed by atoms with E-state index in [4.69, 9.17) is 10.5 Å². The van der Waals surface area contributed by atoms with Crippen LogP contribution in [0.3, 0.4) is 0 Å². The van der Waals surface area contributed by atoms with E-state index in [1.54, 1.807) is 4.68 Å². The van der Waals surface area contributed by atoms with Crippen LogP contribution in [0.15, 0.2) is 30.3 Å². The predicted molar refractivity (Wildman–Crippen MR) is 74.8 cm³/mol. The number of benzene rings is 1. The predicted octanol–water partition coefficient (Wildman–Crippen LogP) is 2.16. The van der Waals surface area contributed by atoms with E-state index >= 15 is 0 Å². The molecule has 0 amide bonds. The van der Waals surface area contributed by atoms with Crippen LogP contribution in [0.2, 0.25) is 0 Å². The largest absolute Gasteiger partial charge is 0.489 e. The summed E-state index contributed by atoms with van der Waals surface area (Å²) in [4.78, 5) is 0. The van der Waals surface area contributed by atoms with Crippen molar-refractivity contribution in [1.82, 2.24) is 9.78 Å². The molecule has 3 rings (SSSR count). The number of nitrogens with zero attached hydrogens (tertiary/aromatic N) is 2. The average Bonchev–Trinajstić information content (AvgIpc) is 2.65. The lowest BCUT2D eigenvalue weighted by Crippen LogP contribution is -2.30. The van der Waals surface area contributed by atoms with E-state index in [1.165, 1.54) is 0 Å². The second-order valence-corrected chi connectivity index (χ2v) is 5.46. The molecule has 0 radical (unpaired) electrons. The minimum absolute atomic E-state index is 0.360. The molecule has 0 atom stereocenters. The lowest BCUT2D eigenvalue weighted by Gasteiger charge is -2.25. The molecule has 2 aromatic rings. The van der Waals surface area contributed by atoms with Gasteiger partial charge in [-0.1, -0.05) is 12.1 Å². The molecule has 1 aliphatic rings. The van der Waals surface area contributed by atoms with Crippen molar-refractivity contribution in [3.8, 4) is 17.0 Å². The van der Waals surface area contributed by atoms with Crippen LogP contribution in [0.25, 0.3) is 11.3 Å². The number of hydrogen-bond acceptors (Lipinski definition) is 4. The Labute approximate surface area is 110 Å². The van der Waals surface area contributed by atoms with E-state index in [0.29, 0.717) is 11.9 Å². The smallest absolute Gasteiger partial charge is 0.121 e. The highest BCUT2D eigenvalue weighted by Crippen LogP contribution is 2.27. The summed E-state index contributed by atoms with van der Waals surface area (Å²) < 4.78 is 7.53. The van der Waals surface area contributed by atoms with Crippen molar-refractivity contribution in [1.29, 1.82) is 0 Å². The molecule has 0 unspecified atom stereocenters. The summed E-state index contributed by atoms with van der Waals surface area (Å²) in [5, 5.41) is 4.37. The van der Waals surface area contributed by atoms with Crippen molar-refractivity contribution in [2.24, 2.45) is 7.05 Å². The molecule has 1 aliphatic heterocycles. The highest BCUT2D eigenvalue weighted by Gasteiger charge is 2.19. The lowest BCUT2D eigenvalue weighted by molar-refractivity contribution is 0.240. The molecule has 94 valence electrons. The molecule has 0 spiro atoms.